The molecular formula is C16H31N3O4. The summed E-state index contributed by atoms with van der Waals surface area (Å²) in [6.45, 7) is 11.8. The highest BCUT2D eigenvalue weighted by molar-refractivity contribution is 5.70. The molecule has 3 unspecified atom stereocenters. The number of nitrogens with zero attached hydrogens (tertiary/aromatic N) is 1. The number of nitrogens with two attached hydrogens (primary N) is 2. The molecule has 7 nitrogen and oxygen atoms in total. The third-order valence-corrected chi connectivity index (χ3v) is 3.73. The zero-order chi connectivity index (χ0) is 18.0. The van der Waals surface area contributed by atoms with Crippen LogP contribution in [0.5, 0.6) is 0 Å². The molecule has 0 aliphatic heterocycles. The van der Waals surface area contributed by atoms with Gasteiger partial charge < -0.3 is 20.9 Å². The van der Waals surface area contributed by atoms with Gasteiger partial charge in [-0.3, -0.25) is 4.90 Å². The van der Waals surface area contributed by atoms with E-state index in [1.807, 2.05) is 41.5 Å². The Bertz CT molecular complexity index is 426. The molecule has 1 saturated carbocycles. The average Bonchev–Trinajstić information content (AvgIpc) is 2.21. The predicted octanol–water partition coefficient (Wildman–Crippen LogP) is 2.37. The molecule has 1 rings (SSSR count). The summed E-state index contributed by atoms with van der Waals surface area (Å²) in [6, 6.07) is -0.191. The van der Waals surface area contributed by atoms with Crippen molar-refractivity contribution in [1.82, 2.24) is 4.90 Å². The minimum Gasteiger partial charge on any atom is -0.446 e. The molecule has 3 atom stereocenters. The second-order valence-corrected chi connectivity index (χ2v) is 8.21. The molecule has 0 aromatic rings. The van der Waals surface area contributed by atoms with Crippen molar-refractivity contribution in [2.24, 2.45) is 11.5 Å². The van der Waals surface area contributed by atoms with E-state index < -0.39 is 12.2 Å². The zero-order valence-corrected chi connectivity index (χ0v) is 15.1. The average molecular weight is 329 g/mol. The molecule has 0 heterocycles. The molecule has 2 amide bonds. The van der Waals surface area contributed by atoms with Crippen molar-refractivity contribution in [3.63, 3.8) is 0 Å². The van der Waals surface area contributed by atoms with Crippen LogP contribution in [0.15, 0.2) is 0 Å². The van der Waals surface area contributed by atoms with E-state index in [0.717, 1.165) is 0 Å². The predicted molar refractivity (Wildman–Crippen MR) is 87.9 cm³/mol. The van der Waals surface area contributed by atoms with Gasteiger partial charge in [0.15, 0.2) is 0 Å². The van der Waals surface area contributed by atoms with Crippen molar-refractivity contribution < 1.29 is 19.1 Å². The second kappa shape index (κ2) is 6.95. The van der Waals surface area contributed by atoms with Crippen LogP contribution in [0.3, 0.4) is 0 Å². The Morgan fingerprint density at radius 2 is 1.35 bits per heavy atom. The molecule has 0 aromatic carbocycles. The zero-order valence-electron chi connectivity index (χ0n) is 15.1. The van der Waals surface area contributed by atoms with Crippen LogP contribution in [0.4, 0.5) is 9.59 Å². The minimum atomic E-state index is -0.833. The Hall–Kier alpha value is -1.50. The monoisotopic (exact) mass is 329 g/mol. The molecule has 23 heavy (non-hydrogen) atoms. The van der Waals surface area contributed by atoms with Gasteiger partial charge in [-0.05, 0) is 54.4 Å². The number of ether oxygens (including phenoxy) is 2. The molecule has 1 aliphatic rings. The van der Waals surface area contributed by atoms with E-state index in [1.54, 1.807) is 4.90 Å². The van der Waals surface area contributed by atoms with E-state index in [9.17, 15) is 9.59 Å². The standard InChI is InChI=1S/C16H31N3O4/c1-15(2,3)19(16(4,5)6)14(21)23-12-8-10(17)7-11(9-12)22-13(18)20/h10-12H,7-9,17H2,1-6H3,(H2,18,20). The first-order chi connectivity index (χ1) is 10.3. The first kappa shape index (κ1) is 19.5. The van der Waals surface area contributed by atoms with Gasteiger partial charge in [0.25, 0.3) is 0 Å². The molecule has 1 fully saturated rings. The van der Waals surface area contributed by atoms with Crippen LogP contribution >= 0.6 is 0 Å². The maximum absolute atomic E-state index is 12.7. The molecule has 0 radical (unpaired) electrons. The number of carbonyl (C=O) groups is 2. The molecule has 0 bridgehead atoms. The molecule has 7 heteroatoms. The number of rotatable bonds is 2. The highest BCUT2D eigenvalue weighted by Gasteiger charge is 2.39. The normalized spacial score (nSPS) is 25.6. The Balaban J connectivity index is 2.79. The summed E-state index contributed by atoms with van der Waals surface area (Å²) in [5, 5.41) is 0. The number of primary amides is 1. The third-order valence-electron chi connectivity index (χ3n) is 3.73. The van der Waals surface area contributed by atoms with Crippen molar-refractivity contribution in [3.8, 4) is 0 Å². The third kappa shape index (κ3) is 5.89. The Morgan fingerprint density at radius 3 is 1.74 bits per heavy atom. The summed E-state index contributed by atoms with van der Waals surface area (Å²) >= 11 is 0. The van der Waals surface area contributed by atoms with Gasteiger partial charge in [-0.1, -0.05) is 0 Å². The Kier molecular flexibility index (Phi) is 5.90. The van der Waals surface area contributed by atoms with Gasteiger partial charge in [0.1, 0.15) is 12.2 Å². The van der Waals surface area contributed by atoms with E-state index in [1.165, 1.54) is 0 Å². The van der Waals surface area contributed by atoms with E-state index in [-0.39, 0.29) is 29.3 Å². The fourth-order valence-corrected chi connectivity index (χ4v) is 3.36. The highest BCUT2D eigenvalue weighted by atomic mass is 16.6. The topological polar surface area (TPSA) is 108 Å². The van der Waals surface area contributed by atoms with Crippen molar-refractivity contribution in [3.05, 3.63) is 0 Å². The lowest BCUT2D eigenvalue weighted by atomic mass is 9.91. The molecule has 4 N–H and O–H groups in total. The first-order valence-electron chi connectivity index (χ1n) is 8.03. The van der Waals surface area contributed by atoms with Gasteiger partial charge >= 0.3 is 12.2 Å². The van der Waals surface area contributed by atoms with Crippen LogP contribution in [-0.2, 0) is 9.47 Å². The van der Waals surface area contributed by atoms with Crippen molar-refractivity contribution in [2.45, 2.75) is 90.1 Å². The van der Waals surface area contributed by atoms with Crippen LogP contribution in [0.25, 0.3) is 0 Å². The van der Waals surface area contributed by atoms with Crippen molar-refractivity contribution >= 4 is 12.2 Å². The van der Waals surface area contributed by atoms with Crippen molar-refractivity contribution in [1.29, 1.82) is 0 Å². The van der Waals surface area contributed by atoms with Crippen LogP contribution in [0.1, 0.15) is 60.8 Å². The quantitative estimate of drug-likeness (QED) is 0.808. The van der Waals surface area contributed by atoms with Gasteiger partial charge in [0, 0.05) is 23.5 Å². The second-order valence-electron chi connectivity index (χ2n) is 8.21. The summed E-state index contributed by atoms with van der Waals surface area (Å²) in [4.78, 5) is 25.3. The van der Waals surface area contributed by atoms with E-state index in [4.69, 9.17) is 20.9 Å². The van der Waals surface area contributed by atoms with Crippen LogP contribution in [0.2, 0.25) is 0 Å². The smallest absolute Gasteiger partial charge is 0.410 e. The van der Waals surface area contributed by atoms with E-state index in [0.29, 0.717) is 19.3 Å². The summed E-state index contributed by atoms with van der Waals surface area (Å²) < 4.78 is 10.7. The first-order valence-corrected chi connectivity index (χ1v) is 8.03. The lowest BCUT2D eigenvalue weighted by molar-refractivity contribution is -0.0302. The highest BCUT2D eigenvalue weighted by Crippen LogP contribution is 2.29. The number of carbonyl (C=O) groups excluding carboxylic acids is 2. The van der Waals surface area contributed by atoms with Crippen LogP contribution < -0.4 is 11.5 Å². The number of hydrogen-bond donors (Lipinski definition) is 2. The summed E-state index contributed by atoms with van der Waals surface area (Å²) in [7, 11) is 0. The van der Waals surface area contributed by atoms with Crippen LogP contribution in [0, 0.1) is 0 Å². The molecule has 0 aromatic heterocycles. The summed E-state index contributed by atoms with van der Waals surface area (Å²) in [5.74, 6) is 0. The van der Waals surface area contributed by atoms with Gasteiger partial charge in [0.2, 0.25) is 0 Å². The maximum Gasteiger partial charge on any atom is 0.410 e. The molecular weight excluding hydrogens is 298 g/mol. The Morgan fingerprint density at radius 1 is 0.913 bits per heavy atom. The molecule has 1 aliphatic carbocycles. The molecule has 0 spiro atoms. The van der Waals surface area contributed by atoms with E-state index in [2.05, 4.69) is 0 Å². The summed E-state index contributed by atoms with van der Waals surface area (Å²) in [5.41, 5.74) is 10.3. The largest absolute Gasteiger partial charge is 0.446 e. The molecule has 0 saturated heterocycles. The van der Waals surface area contributed by atoms with Gasteiger partial charge in [-0.2, -0.15) is 0 Å². The number of amides is 2. The molecule has 134 valence electrons. The van der Waals surface area contributed by atoms with Crippen molar-refractivity contribution in [2.75, 3.05) is 0 Å². The minimum absolute atomic E-state index is 0.191. The fourth-order valence-electron chi connectivity index (χ4n) is 3.36. The van der Waals surface area contributed by atoms with Gasteiger partial charge in [-0.15, -0.1) is 0 Å². The SMILES string of the molecule is CC(C)(C)N(C(=O)OC1CC(N)CC(OC(N)=O)C1)C(C)(C)C. The maximum atomic E-state index is 12.7. The summed E-state index contributed by atoms with van der Waals surface area (Å²) in [6.07, 6.45) is -0.521. The number of hydrogen-bond acceptors (Lipinski definition) is 5. The van der Waals surface area contributed by atoms with Gasteiger partial charge in [0.05, 0.1) is 0 Å². The Labute approximate surface area is 138 Å². The van der Waals surface area contributed by atoms with Gasteiger partial charge in [-0.25, -0.2) is 9.59 Å². The van der Waals surface area contributed by atoms with E-state index >= 15 is 0 Å². The lowest BCUT2D eigenvalue weighted by Crippen LogP contribution is -2.57. The van der Waals surface area contributed by atoms with Crippen LogP contribution in [-0.4, -0.2) is 46.4 Å². The lowest BCUT2D eigenvalue weighted by Gasteiger charge is -2.45. The fraction of sp³-hybridized carbons (Fsp3) is 0.875.